The van der Waals surface area contributed by atoms with E-state index < -0.39 is 11.4 Å². The number of nitrogen functional groups attached to an aromatic ring is 1. The van der Waals surface area contributed by atoms with Crippen molar-refractivity contribution >= 4 is 50.9 Å². The molecule has 1 atom stereocenters. The summed E-state index contributed by atoms with van der Waals surface area (Å²) < 4.78 is 25.2. The standard InChI is InChI=1S/C10H9NO3S.Mg.2H/c11-10-3-1-2-7-4-5-8(6-9(7)10)14-15(12)13;;;/h1-6H,11H2,(H,12,13);;;/q;+2;2*-1/p-1. The van der Waals surface area contributed by atoms with Gasteiger partial charge in [0.15, 0.2) is 0 Å². The predicted octanol–water partition coefficient (Wildman–Crippen LogP) is 1.44. The smallest absolute Gasteiger partial charge is 1.00 e. The number of benzene rings is 2. The van der Waals surface area contributed by atoms with Gasteiger partial charge in [0.05, 0.1) is 0 Å². The summed E-state index contributed by atoms with van der Waals surface area (Å²) in [7, 11) is 0. The minimum atomic E-state index is -2.56. The van der Waals surface area contributed by atoms with Crippen LogP contribution < -0.4 is 9.92 Å². The van der Waals surface area contributed by atoms with E-state index in [4.69, 9.17) is 5.73 Å². The molecule has 0 aliphatic rings. The van der Waals surface area contributed by atoms with Crippen molar-refractivity contribution in [1.29, 1.82) is 0 Å². The van der Waals surface area contributed by atoms with Gasteiger partial charge in [-0.1, -0.05) is 18.2 Å². The summed E-state index contributed by atoms with van der Waals surface area (Å²) in [5.41, 5.74) is 6.34. The van der Waals surface area contributed by atoms with E-state index in [0.29, 0.717) is 5.69 Å². The maximum absolute atomic E-state index is 10.3. The zero-order valence-corrected chi connectivity index (χ0v) is 10.6. The van der Waals surface area contributed by atoms with E-state index >= 15 is 0 Å². The summed E-state index contributed by atoms with van der Waals surface area (Å²) in [5.74, 6) is 0.258. The average Bonchev–Trinajstić information content (AvgIpc) is 2.18. The van der Waals surface area contributed by atoms with Crippen molar-refractivity contribution < 1.29 is 15.8 Å². The molecule has 82 valence electrons. The summed E-state index contributed by atoms with van der Waals surface area (Å²) >= 11 is -2.56. The van der Waals surface area contributed by atoms with Crippen LogP contribution in [0, 0.1) is 0 Å². The molecule has 0 fully saturated rings. The Morgan fingerprint density at radius 3 is 2.75 bits per heavy atom. The Morgan fingerprint density at radius 1 is 1.31 bits per heavy atom. The van der Waals surface area contributed by atoms with Gasteiger partial charge in [-0.25, -0.2) is 4.21 Å². The van der Waals surface area contributed by atoms with E-state index in [0.717, 1.165) is 10.8 Å². The Labute approximate surface area is 114 Å². The largest absolute Gasteiger partial charge is 2.00 e. The SMILES string of the molecule is Nc1cccc2ccc(OS(=O)[O-])cc12.[H-].[H-].[Mg+2]. The summed E-state index contributed by atoms with van der Waals surface area (Å²) in [6.45, 7) is 0. The Kier molecular flexibility index (Phi) is 4.54. The molecular formula is C10H10MgNO3S-. The summed E-state index contributed by atoms with van der Waals surface area (Å²) in [4.78, 5) is 0. The first-order chi connectivity index (χ1) is 7.16. The third-order valence-corrected chi connectivity index (χ3v) is 2.38. The molecule has 0 saturated heterocycles. The third-order valence-electron chi connectivity index (χ3n) is 2.05. The van der Waals surface area contributed by atoms with Gasteiger partial charge >= 0.3 is 23.1 Å². The van der Waals surface area contributed by atoms with E-state index in [1.165, 1.54) is 0 Å². The summed E-state index contributed by atoms with van der Waals surface area (Å²) in [5, 5.41) is 1.72. The van der Waals surface area contributed by atoms with Crippen molar-refractivity contribution in [3.8, 4) is 5.75 Å². The van der Waals surface area contributed by atoms with Crippen LogP contribution in [0.4, 0.5) is 5.69 Å². The fourth-order valence-corrected chi connectivity index (χ4v) is 1.67. The Bertz CT molecular complexity index is 542. The molecular weight excluding hydrogens is 238 g/mol. The number of anilines is 1. The molecule has 0 bridgehead atoms. The molecule has 1 unspecified atom stereocenters. The summed E-state index contributed by atoms with van der Waals surface area (Å²) in [6, 6.07) is 10.4. The van der Waals surface area contributed by atoms with Crippen molar-refractivity contribution in [3.63, 3.8) is 0 Å². The van der Waals surface area contributed by atoms with Crippen LogP contribution in [0.15, 0.2) is 36.4 Å². The van der Waals surface area contributed by atoms with Gasteiger partial charge in [-0.05, 0) is 23.6 Å². The molecule has 0 aromatic heterocycles. The molecule has 2 aromatic carbocycles. The van der Waals surface area contributed by atoms with Gasteiger partial charge in [0, 0.05) is 11.1 Å². The first-order valence-electron chi connectivity index (χ1n) is 4.22. The Balaban J connectivity index is 0. The van der Waals surface area contributed by atoms with Crippen LogP contribution in [-0.4, -0.2) is 31.8 Å². The van der Waals surface area contributed by atoms with Crippen LogP contribution in [0.5, 0.6) is 5.75 Å². The summed E-state index contributed by atoms with van der Waals surface area (Å²) in [6.07, 6.45) is 0. The van der Waals surface area contributed by atoms with Crippen molar-refractivity contribution in [1.82, 2.24) is 0 Å². The molecule has 2 aromatic rings. The second-order valence-corrected chi connectivity index (χ2v) is 3.59. The molecule has 0 radical (unpaired) electrons. The number of rotatable bonds is 2. The molecule has 4 nitrogen and oxygen atoms in total. The zero-order chi connectivity index (χ0) is 10.8. The van der Waals surface area contributed by atoms with Crippen molar-refractivity contribution in [3.05, 3.63) is 36.4 Å². The van der Waals surface area contributed by atoms with Crippen LogP contribution in [0.3, 0.4) is 0 Å². The number of hydrogen-bond acceptors (Lipinski definition) is 4. The fraction of sp³-hybridized carbons (Fsp3) is 0. The van der Waals surface area contributed by atoms with E-state index in [-0.39, 0.29) is 31.7 Å². The number of nitrogens with two attached hydrogens (primary N) is 1. The van der Waals surface area contributed by atoms with Crippen LogP contribution in [0.1, 0.15) is 2.85 Å². The van der Waals surface area contributed by atoms with Gasteiger partial charge < -0.3 is 17.3 Å². The van der Waals surface area contributed by atoms with E-state index in [1.807, 2.05) is 12.1 Å². The van der Waals surface area contributed by atoms with Gasteiger partial charge in [-0.3, -0.25) is 0 Å². The van der Waals surface area contributed by atoms with Gasteiger partial charge in [0.2, 0.25) is 0 Å². The normalized spacial score (nSPS) is 11.8. The molecule has 2 rings (SSSR count). The van der Waals surface area contributed by atoms with Gasteiger partial charge in [-0.2, -0.15) is 0 Å². The third kappa shape index (κ3) is 2.85. The van der Waals surface area contributed by atoms with Crippen LogP contribution >= 0.6 is 0 Å². The van der Waals surface area contributed by atoms with E-state index in [2.05, 4.69) is 4.18 Å². The second-order valence-electron chi connectivity index (χ2n) is 3.02. The molecule has 0 aliphatic heterocycles. The molecule has 0 aliphatic carbocycles. The minimum Gasteiger partial charge on any atom is -1.00 e. The molecule has 16 heavy (non-hydrogen) atoms. The average molecular weight is 249 g/mol. The number of hydrogen-bond donors (Lipinski definition) is 1. The van der Waals surface area contributed by atoms with E-state index in [9.17, 15) is 8.76 Å². The molecule has 0 heterocycles. The maximum atomic E-state index is 10.3. The quantitative estimate of drug-likeness (QED) is 0.496. The van der Waals surface area contributed by atoms with Crippen molar-refractivity contribution in [2.24, 2.45) is 0 Å². The zero-order valence-electron chi connectivity index (χ0n) is 10.4. The Morgan fingerprint density at radius 2 is 2.06 bits per heavy atom. The fourth-order valence-electron chi connectivity index (χ4n) is 1.41. The second kappa shape index (κ2) is 5.49. The Hall–Kier alpha value is -0.824. The minimum absolute atomic E-state index is 0. The van der Waals surface area contributed by atoms with Gasteiger partial charge in [0.1, 0.15) is 17.1 Å². The maximum Gasteiger partial charge on any atom is 2.00 e. The molecule has 0 spiro atoms. The van der Waals surface area contributed by atoms with E-state index in [1.54, 1.807) is 24.3 Å². The van der Waals surface area contributed by atoms with Crippen molar-refractivity contribution in [2.45, 2.75) is 0 Å². The first kappa shape index (κ1) is 13.2. The van der Waals surface area contributed by atoms with Crippen molar-refractivity contribution in [2.75, 3.05) is 5.73 Å². The van der Waals surface area contributed by atoms with Gasteiger partial charge in [-0.15, -0.1) is 0 Å². The van der Waals surface area contributed by atoms with Crippen LogP contribution in [0.25, 0.3) is 10.8 Å². The van der Waals surface area contributed by atoms with Gasteiger partial charge in [0.25, 0.3) is 0 Å². The molecule has 6 heteroatoms. The predicted molar refractivity (Wildman–Crippen MR) is 65.9 cm³/mol. The monoisotopic (exact) mass is 248 g/mol. The van der Waals surface area contributed by atoms with Crippen LogP contribution in [0.2, 0.25) is 0 Å². The first-order valence-corrected chi connectivity index (χ1v) is 5.22. The number of fused-ring (bicyclic) bond motifs is 1. The molecule has 2 N–H and O–H groups in total. The molecule has 0 amide bonds. The van der Waals surface area contributed by atoms with Crippen LogP contribution in [-0.2, 0) is 11.4 Å². The topological polar surface area (TPSA) is 75.4 Å². The molecule has 0 saturated carbocycles.